The summed E-state index contributed by atoms with van der Waals surface area (Å²) in [6, 6.07) is 17.5. The molecule has 0 aliphatic heterocycles. The molecule has 0 saturated carbocycles. The van der Waals surface area contributed by atoms with Crippen molar-refractivity contribution in [2.45, 2.75) is 33.1 Å². The summed E-state index contributed by atoms with van der Waals surface area (Å²) < 4.78 is 0. The van der Waals surface area contributed by atoms with Crippen molar-refractivity contribution in [3.8, 4) is 11.1 Å². The van der Waals surface area contributed by atoms with Gasteiger partial charge >= 0.3 is 0 Å². The first-order valence-electron chi connectivity index (χ1n) is 7.63. The third kappa shape index (κ3) is 2.06. The fraction of sp³-hybridized carbons (Fsp3) is 0.238. The molecular formula is C21H22. The van der Waals surface area contributed by atoms with Crippen molar-refractivity contribution in [3.63, 3.8) is 0 Å². The number of rotatable bonds is 1. The van der Waals surface area contributed by atoms with E-state index in [2.05, 4.69) is 88.4 Å². The van der Waals surface area contributed by atoms with Crippen LogP contribution in [0.2, 0.25) is 0 Å². The molecule has 1 aliphatic carbocycles. The van der Waals surface area contributed by atoms with Crippen molar-refractivity contribution in [1.82, 2.24) is 0 Å². The molecule has 0 spiro atoms. The SMILES string of the molecule is CC=C1C(=CC)C(C)(C)c2cc(-c3ccccc3)ccc21. The van der Waals surface area contributed by atoms with Gasteiger partial charge in [-0.3, -0.25) is 0 Å². The summed E-state index contributed by atoms with van der Waals surface area (Å²) >= 11 is 0. The zero-order valence-electron chi connectivity index (χ0n) is 13.3. The van der Waals surface area contributed by atoms with Gasteiger partial charge in [0.05, 0.1) is 0 Å². The van der Waals surface area contributed by atoms with Crippen LogP contribution >= 0.6 is 0 Å². The predicted octanol–water partition coefficient (Wildman–Crippen LogP) is 5.99. The first-order valence-corrected chi connectivity index (χ1v) is 7.63. The van der Waals surface area contributed by atoms with Crippen LogP contribution in [-0.4, -0.2) is 0 Å². The van der Waals surface area contributed by atoms with Gasteiger partial charge in [-0.25, -0.2) is 0 Å². The molecule has 0 bridgehead atoms. The quantitative estimate of drug-likeness (QED) is 0.598. The topological polar surface area (TPSA) is 0 Å². The van der Waals surface area contributed by atoms with Gasteiger partial charge in [-0.15, -0.1) is 0 Å². The average Bonchev–Trinajstić information content (AvgIpc) is 2.74. The third-order valence-corrected chi connectivity index (χ3v) is 4.63. The maximum absolute atomic E-state index is 2.37. The Kier molecular flexibility index (Phi) is 3.33. The van der Waals surface area contributed by atoms with Crippen LogP contribution in [0.5, 0.6) is 0 Å². The first kappa shape index (κ1) is 13.9. The van der Waals surface area contributed by atoms with E-state index in [1.807, 2.05) is 0 Å². The summed E-state index contributed by atoms with van der Waals surface area (Å²) in [6.45, 7) is 8.93. The van der Waals surface area contributed by atoms with Crippen LogP contribution in [0.15, 0.2) is 66.3 Å². The van der Waals surface area contributed by atoms with Crippen molar-refractivity contribution in [2.24, 2.45) is 0 Å². The molecule has 0 amide bonds. The largest absolute Gasteiger partial charge is 0.0829 e. The van der Waals surface area contributed by atoms with E-state index in [4.69, 9.17) is 0 Å². The molecule has 0 N–H and O–H groups in total. The minimum Gasteiger partial charge on any atom is -0.0829 e. The molecule has 1 aliphatic rings. The fourth-order valence-corrected chi connectivity index (χ4v) is 3.56. The first-order chi connectivity index (χ1) is 10.1. The molecule has 106 valence electrons. The van der Waals surface area contributed by atoms with Gasteiger partial charge in [0.2, 0.25) is 0 Å². The van der Waals surface area contributed by atoms with E-state index < -0.39 is 0 Å². The molecular weight excluding hydrogens is 252 g/mol. The highest BCUT2D eigenvalue weighted by atomic mass is 14.4. The molecule has 0 nitrogen and oxygen atoms in total. The second-order valence-electron chi connectivity index (χ2n) is 6.16. The molecule has 2 aromatic rings. The van der Waals surface area contributed by atoms with Crippen LogP contribution in [0.1, 0.15) is 38.8 Å². The number of hydrogen-bond acceptors (Lipinski definition) is 0. The number of fused-ring (bicyclic) bond motifs is 1. The molecule has 0 unspecified atom stereocenters. The van der Waals surface area contributed by atoms with Crippen molar-refractivity contribution in [2.75, 3.05) is 0 Å². The Morgan fingerprint density at radius 1 is 0.810 bits per heavy atom. The zero-order valence-corrected chi connectivity index (χ0v) is 13.3. The third-order valence-electron chi connectivity index (χ3n) is 4.63. The molecule has 0 saturated heterocycles. The molecule has 0 radical (unpaired) electrons. The van der Waals surface area contributed by atoms with E-state index in [0.29, 0.717) is 0 Å². The summed E-state index contributed by atoms with van der Waals surface area (Å²) in [7, 11) is 0. The number of benzene rings is 2. The molecule has 0 heterocycles. The molecule has 0 aromatic heterocycles. The molecule has 0 atom stereocenters. The van der Waals surface area contributed by atoms with E-state index >= 15 is 0 Å². The normalized spacial score (nSPS) is 20.0. The Labute approximate surface area is 127 Å². The predicted molar refractivity (Wildman–Crippen MR) is 92.3 cm³/mol. The number of allylic oxidation sites excluding steroid dienone is 4. The smallest absolute Gasteiger partial charge is 0.0155 e. The highest BCUT2D eigenvalue weighted by molar-refractivity contribution is 5.90. The van der Waals surface area contributed by atoms with Gasteiger partial charge in [-0.1, -0.05) is 68.5 Å². The lowest BCUT2D eigenvalue weighted by atomic mass is 9.81. The second kappa shape index (κ2) is 5.04. The summed E-state index contributed by atoms with van der Waals surface area (Å²) in [5.41, 5.74) is 8.31. The maximum Gasteiger partial charge on any atom is 0.0155 e. The molecule has 3 rings (SSSR count). The van der Waals surface area contributed by atoms with Crippen LogP contribution in [-0.2, 0) is 5.41 Å². The van der Waals surface area contributed by atoms with E-state index in [1.54, 1.807) is 0 Å². The Bertz CT molecular complexity index is 728. The molecule has 0 heteroatoms. The minimum absolute atomic E-state index is 0.0801. The lowest BCUT2D eigenvalue weighted by Crippen LogP contribution is -2.15. The summed E-state index contributed by atoms with van der Waals surface area (Å²) in [5, 5.41) is 0. The summed E-state index contributed by atoms with van der Waals surface area (Å²) in [5.74, 6) is 0. The lowest BCUT2D eigenvalue weighted by molar-refractivity contribution is 0.660. The van der Waals surface area contributed by atoms with E-state index in [1.165, 1.54) is 33.4 Å². The van der Waals surface area contributed by atoms with Crippen molar-refractivity contribution >= 4 is 5.57 Å². The van der Waals surface area contributed by atoms with Gasteiger partial charge in [0.15, 0.2) is 0 Å². The van der Waals surface area contributed by atoms with Crippen molar-refractivity contribution < 1.29 is 0 Å². The second-order valence-corrected chi connectivity index (χ2v) is 6.16. The lowest BCUT2D eigenvalue weighted by Gasteiger charge is -2.22. The van der Waals surface area contributed by atoms with Gasteiger partial charge in [0, 0.05) is 5.41 Å². The van der Waals surface area contributed by atoms with E-state index in [9.17, 15) is 0 Å². The fourth-order valence-electron chi connectivity index (χ4n) is 3.56. The number of hydrogen-bond donors (Lipinski definition) is 0. The van der Waals surface area contributed by atoms with Crippen LogP contribution in [0.3, 0.4) is 0 Å². The molecule has 21 heavy (non-hydrogen) atoms. The van der Waals surface area contributed by atoms with Crippen LogP contribution < -0.4 is 0 Å². The highest BCUT2D eigenvalue weighted by Gasteiger charge is 2.37. The van der Waals surface area contributed by atoms with Gasteiger partial charge in [-0.2, -0.15) is 0 Å². The average molecular weight is 274 g/mol. The van der Waals surface area contributed by atoms with E-state index in [0.717, 1.165) is 0 Å². The molecule has 0 fully saturated rings. The molecule has 2 aromatic carbocycles. The maximum atomic E-state index is 2.37. The van der Waals surface area contributed by atoms with Crippen molar-refractivity contribution in [1.29, 1.82) is 0 Å². The zero-order chi connectivity index (χ0) is 15.0. The van der Waals surface area contributed by atoms with Crippen molar-refractivity contribution in [3.05, 3.63) is 77.4 Å². The Morgan fingerprint density at radius 3 is 2.14 bits per heavy atom. The standard InChI is InChI=1S/C21H22/c1-5-17-18-13-12-16(15-10-8-7-9-11-15)14-20(18)21(3,4)19(17)6-2/h5-14H,1-4H3. The Hall–Kier alpha value is -2.08. The van der Waals surface area contributed by atoms with Crippen LogP contribution in [0.25, 0.3) is 16.7 Å². The summed E-state index contributed by atoms with van der Waals surface area (Å²) in [6.07, 6.45) is 4.50. The van der Waals surface area contributed by atoms with Crippen LogP contribution in [0.4, 0.5) is 0 Å². The van der Waals surface area contributed by atoms with E-state index in [-0.39, 0.29) is 5.41 Å². The highest BCUT2D eigenvalue weighted by Crippen LogP contribution is 2.50. The Morgan fingerprint density at radius 2 is 1.52 bits per heavy atom. The van der Waals surface area contributed by atoms with Crippen LogP contribution in [0, 0.1) is 0 Å². The van der Waals surface area contributed by atoms with Gasteiger partial charge in [0.1, 0.15) is 0 Å². The summed E-state index contributed by atoms with van der Waals surface area (Å²) in [4.78, 5) is 0. The minimum atomic E-state index is 0.0801. The van der Waals surface area contributed by atoms with Gasteiger partial charge in [-0.05, 0) is 53.3 Å². The monoisotopic (exact) mass is 274 g/mol. The Balaban J connectivity index is 2.22. The van der Waals surface area contributed by atoms with Gasteiger partial charge in [0.25, 0.3) is 0 Å². The van der Waals surface area contributed by atoms with Gasteiger partial charge < -0.3 is 0 Å².